The van der Waals surface area contributed by atoms with Gasteiger partial charge >= 0.3 is 0 Å². The molecule has 0 saturated heterocycles. The second kappa shape index (κ2) is 7.93. The SMILES string of the molecule is N#CCc1ccc(NC(=S)NC(=O)c2ccc(Cl)cc2Cl)cc1. The number of amides is 1. The number of hydrogen-bond acceptors (Lipinski definition) is 3. The van der Waals surface area contributed by atoms with Crippen LogP contribution in [0.1, 0.15) is 15.9 Å². The van der Waals surface area contributed by atoms with Crippen LogP contribution in [0, 0.1) is 11.3 Å². The Kier molecular flexibility index (Phi) is 5.94. The lowest BCUT2D eigenvalue weighted by Crippen LogP contribution is -2.34. The first kappa shape index (κ1) is 17.2. The van der Waals surface area contributed by atoms with Gasteiger partial charge in [0.15, 0.2) is 5.11 Å². The number of anilines is 1. The van der Waals surface area contributed by atoms with E-state index in [1.54, 1.807) is 18.2 Å². The van der Waals surface area contributed by atoms with E-state index in [9.17, 15) is 4.79 Å². The van der Waals surface area contributed by atoms with E-state index >= 15 is 0 Å². The Labute approximate surface area is 149 Å². The van der Waals surface area contributed by atoms with Crippen LogP contribution in [-0.2, 0) is 6.42 Å². The van der Waals surface area contributed by atoms with E-state index in [0.29, 0.717) is 17.1 Å². The predicted molar refractivity (Wildman–Crippen MR) is 95.9 cm³/mol. The Morgan fingerprint density at radius 1 is 1.17 bits per heavy atom. The van der Waals surface area contributed by atoms with Crippen LogP contribution in [0.15, 0.2) is 42.5 Å². The molecule has 0 aromatic heterocycles. The lowest BCUT2D eigenvalue weighted by atomic mass is 10.1. The summed E-state index contributed by atoms with van der Waals surface area (Å²) in [6.07, 6.45) is 0.344. The summed E-state index contributed by atoms with van der Waals surface area (Å²) >= 11 is 16.9. The highest BCUT2D eigenvalue weighted by molar-refractivity contribution is 7.80. The molecule has 2 N–H and O–H groups in total. The third kappa shape index (κ3) is 4.93. The molecule has 0 spiro atoms. The molecule has 23 heavy (non-hydrogen) atoms. The van der Waals surface area contributed by atoms with Gasteiger partial charge < -0.3 is 5.32 Å². The largest absolute Gasteiger partial charge is 0.332 e. The number of benzene rings is 2. The monoisotopic (exact) mass is 363 g/mol. The van der Waals surface area contributed by atoms with Gasteiger partial charge in [0.25, 0.3) is 5.91 Å². The van der Waals surface area contributed by atoms with Crippen molar-refractivity contribution in [2.45, 2.75) is 6.42 Å². The number of halogens is 2. The lowest BCUT2D eigenvalue weighted by molar-refractivity contribution is 0.0978. The van der Waals surface area contributed by atoms with Crippen LogP contribution in [0.5, 0.6) is 0 Å². The fourth-order valence-corrected chi connectivity index (χ4v) is 2.51. The van der Waals surface area contributed by atoms with Crippen molar-refractivity contribution in [1.29, 1.82) is 5.26 Å². The topological polar surface area (TPSA) is 64.9 Å². The van der Waals surface area contributed by atoms with Crippen molar-refractivity contribution in [3.05, 3.63) is 63.6 Å². The van der Waals surface area contributed by atoms with Crippen LogP contribution in [0.4, 0.5) is 5.69 Å². The summed E-state index contributed by atoms with van der Waals surface area (Å²) in [5.41, 5.74) is 1.89. The highest BCUT2D eigenvalue weighted by atomic mass is 35.5. The van der Waals surface area contributed by atoms with Crippen LogP contribution in [-0.4, -0.2) is 11.0 Å². The average molecular weight is 364 g/mol. The molecule has 0 aliphatic rings. The fraction of sp³-hybridized carbons (Fsp3) is 0.0625. The van der Waals surface area contributed by atoms with E-state index in [1.165, 1.54) is 12.1 Å². The van der Waals surface area contributed by atoms with Crippen molar-refractivity contribution in [1.82, 2.24) is 5.32 Å². The third-order valence-corrected chi connectivity index (χ3v) is 3.65. The van der Waals surface area contributed by atoms with Crippen LogP contribution in [0.2, 0.25) is 10.0 Å². The molecule has 2 aromatic carbocycles. The number of nitriles is 1. The lowest BCUT2D eigenvalue weighted by Gasteiger charge is -2.10. The van der Waals surface area contributed by atoms with Gasteiger partial charge in [-0.15, -0.1) is 0 Å². The molecule has 116 valence electrons. The molecule has 2 aromatic rings. The zero-order valence-corrected chi connectivity index (χ0v) is 14.1. The maximum Gasteiger partial charge on any atom is 0.258 e. The molecule has 0 aliphatic heterocycles. The smallest absolute Gasteiger partial charge is 0.258 e. The molecular weight excluding hydrogens is 353 g/mol. The Hall–Kier alpha value is -2.13. The van der Waals surface area contributed by atoms with E-state index in [1.807, 2.05) is 12.1 Å². The minimum absolute atomic E-state index is 0.147. The van der Waals surface area contributed by atoms with Gasteiger partial charge in [0.2, 0.25) is 0 Å². The second-order valence-electron chi connectivity index (χ2n) is 4.56. The van der Waals surface area contributed by atoms with Crippen molar-refractivity contribution < 1.29 is 4.79 Å². The van der Waals surface area contributed by atoms with Gasteiger partial charge in [0.05, 0.1) is 23.1 Å². The Bertz CT molecular complexity index is 785. The van der Waals surface area contributed by atoms with E-state index in [0.717, 1.165) is 5.56 Å². The Morgan fingerprint density at radius 2 is 1.87 bits per heavy atom. The zero-order chi connectivity index (χ0) is 16.8. The fourth-order valence-electron chi connectivity index (χ4n) is 1.80. The predicted octanol–water partition coefficient (Wildman–Crippen LogP) is 4.19. The number of thiocarbonyl (C=S) groups is 1. The second-order valence-corrected chi connectivity index (χ2v) is 5.82. The van der Waals surface area contributed by atoms with Gasteiger partial charge in [-0.3, -0.25) is 10.1 Å². The van der Waals surface area contributed by atoms with E-state index in [2.05, 4.69) is 16.7 Å². The molecule has 0 unspecified atom stereocenters. The van der Waals surface area contributed by atoms with Crippen LogP contribution >= 0.6 is 35.4 Å². The number of carbonyl (C=O) groups excluding carboxylic acids is 1. The van der Waals surface area contributed by atoms with Crippen LogP contribution in [0.25, 0.3) is 0 Å². The maximum absolute atomic E-state index is 12.1. The van der Waals surface area contributed by atoms with Gasteiger partial charge in [-0.1, -0.05) is 35.3 Å². The number of rotatable bonds is 3. The molecule has 0 radical (unpaired) electrons. The van der Waals surface area contributed by atoms with Gasteiger partial charge in [0.1, 0.15) is 0 Å². The van der Waals surface area contributed by atoms with Crippen molar-refractivity contribution in [2.24, 2.45) is 0 Å². The van der Waals surface area contributed by atoms with E-state index < -0.39 is 5.91 Å². The molecule has 0 bridgehead atoms. The Morgan fingerprint density at radius 3 is 2.48 bits per heavy atom. The third-order valence-electron chi connectivity index (χ3n) is 2.90. The molecule has 0 saturated carbocycles. The van der Waals surface area contributed by atoms with Crippen molar-refractivity contribution in [3.63, 3.8) is 0 Å². The highest BCUT2D eigenvalue weighted by Gasteiger charge is 2.12. The minimum atomic E-state index is -0.426. The number of carbonyl (C=O) groups is 1. The van der Waals surface area contributed by atoms with Crippen LogP contribution in [0.3, 0.4) is 0 Å². The number of nitrogens with one attached hydrogen (secondary N) is 2. The van der Waals surface area contributed by atoms with Gasteiger partial charge in [-0.2, -0.15) is 5.26 Å². The first-order chi connectivity index (χ1) is 11.0. The molecule has 1 amide bonds. The minimum Gasteiger partial charge on any atom is -0.332 e. The van der Waals surface area contributed by atoms with Gasteiger partial charge in [-0.25, -0.2) is 0 Å². The summed E-state index contributed by atoms with van der Waals surface area (Å²) in [5, 5.41) is 14.9. The molecule has 0 heterocycles. The molecule has 4 nitrogen and oxygen atoms in total. The van der Waals surface area contributed by atoms with Gasteiger partial charge in [-0.05, 0) is 48.1 Å². The first-order valence-corrected chi connectivity index (χ1v) is 7.69. The maximum atomic E-state index is 12.1. The van der Waals surface area contributed by atoms with Crippen LogP contribution < -0.4 is 10.6 Å². The summed E-state index contributed by atoms with van der Waals surface area (Å²) in [5.74, 6) is -0.426. The number of hydrogen-bond donors (Lipinski definition) is 2. The molecule has 2 rings (SSSR count). The van der Waals surface area contributed by atoms with Crippen molar-refractivity contribution in [2.75, 3.05) is 5.32 Å². The number of nitrogens with zero attached hydrogens (tertiary/aromatic N) is 1. The standard InChI is InChI=1S/C16H11Cl2N3OS/c17-11-3-6-13(14(18)9-11)15(22)21-16(23)20-12-4-1-10(2-5-12)7-8-19/h1-6,9H,7H2,(H2,20,21,22,23). The summed E-state index contributed by atoms with van der Waals surface area (Å²) in [4.78, 5) is 12.1. The van der Waals surface area contributed by atoms with Crippen molar-refractivity contribution in [3.8, 4) is 6.07 Å². The Balaban J connectivity index is 1.98. The molecule has 0 aliphatic carbocycles. The zero-order valence-electron chi connectivity index (χ0n) is 11.8. The van der Waals surface area contributed by atoms with E-state index in [-0.39, 0.29) is 15.7 Å². The summed E-state index contributed by atoms with van der Waals surface area (Å²) < 4.78 is 0. The quantitative estimate of drug-likeness (QED) is 0.802. The highest BCUT2D eigenvalue weighted by Crippen LogP contribution is 2.20. The molecule has 0 atom stereocenters. The molecule has 7 heteroatoms. The summed E-state index contributed by atoms with van der Waals surface area (Å²) in [6, 6.07) is 13.8. The first-order valence-electron chi connectivity index (χ1n) is 6.53. The molecule has 0 fully saturated rings. The average Bonchev–Trinajstić information content (AvgIpc) is 2.49. The summed E-state index contributed by atoms with van der Waals surface area (Å²) in [6.45, 7) is 0. The summed E-state index contributed by atoms with van der Waals surface area (Å²) in [7, 11) is 0. The van der Waals surface area contributed by atoms with Crippen molar-refractivity contribution >= 4 is 52.1 Å². The molecular formula is C16H11Cl2N3OS. The normalized spacial score (nSPS) is 9.78. The van der Waals surface area contributed by atoms with E-state index in [4.69, 9.17) is 40.7 Å². The van der Waals surface area contributed by atoms with Gasteiger partial charge in [0, 0.05) is 10.7 Å².